The van der Waals surface area contributed by atoms with Gasteiger partial charge in [-0.3, -0.25) is 4.79 Å². The van der Waals surface area contributed by atoms with E-state index < -0.39 is 0 Å². The van der Waals surface area contributed by atoms with Crippen LogP contribution in [0.25, 0.3) is 11.4 Å². The molecule has 2 aromatic rings. The first-order valence-electron chi connectivity index (χ1n) is 7.48. The van der Waals surface area contributed by atoms with Gasteiger partial charge >= 0.3 is 0 Å². The number of carbonyl (C=O) groups excluding carboxylic acids is 1. The molecule has 0 unspecified atom stereocenters. The Labute approximate surface area is 133 Å². The summed E-state index contributed by atoms with van der Waals surface area (Å²) < 4.78 is 18.5. The van der Waals surface area contributed by atoms with Crippen LogP contribution in [0.3, 0.4) is 0 Å². The van der Waals surface area contributed by atoms with Gasteiger partial charge in [0.25, 0.3) is 0 Å². The molecule has 2 heterocycles. The minimum Gasteiger partial charge on any atom is -0.372 e. The first-order chi connectivity index (χ1) is 11.0. The van der Waals surface area contributed by atoms with Gasteiger partial charge in [0.05, 0.1) is 12.2 Å². The average Bonchev–Trinajstić information content (AvgIpc) is 2.95. The number of hydrogen-bond donors (Lipinski definition) is 0. The number of morpholine rings is 1. The van der Waals surface area contributed by atoms with Crippen molar-refractivity contribution in [1.82, 2.24) is 25.1 Å². The molecule has 1 aromatic heterocycles. The van der Waals surface area contributed by atoms with Gasteiger partial charge in [-0.2, -0.15) is 4.80 Å². The average molecular weight is 319 g/mol. The van der Waals surface area contributed by atoms with Gasteiger partial charge in [0.2, 0.25) is 11.7 Å². The van der Waals surface area contributed by atoms with Gasteiger partial charge in [0, 0.05) is 18.7 Å². The summed E-state index contributed by atoms with van der Waals surface area (Å²) in [6, 6.07) is 5.81. The normalized spacial score (nSPS) is 21.4. The van der Waals surface area contributed by atoms with Gasteiger partial charge in [-0.1, -0.05) is 0 Å². The Morgan fingerprint density at radius 3 is 2.57 bits per heavy atom. The second-order valence-electron chi connectivity index (χ2n) is 5.71. The lowest BCUT2D eigenvalue weighted by Gasteiger charge is -2.35. The number of hydrogen-bond acceptors (Lipinski definition) is 5. The lowest BCUT2D eigenvalue weighted by molar-refractivity contribution is -0.144. The number of ether oxygens (including phenoxy) is 1. The molecular weight excluding hydrogens is 301 g/mol. The largest absolute Gasteiger partial charge is 0.372 e. The fourth-order valence-electron chi connectivity index (χ4n) is 2.63. The number of halogens is 1. The molecule has 2 atom stereocenters. The van der Waals surface area contributed by atoms with E-state index in [9.17, 15) is 9.18 Å². The Morgan fingerprint density at radius 1 is 1.26 bits per heavy atom. The molecule has 1 saturated heterocycles. The SMILES string of the molecule is C[C@H]1CN(C(=O)Cn2nnc(-c3ccc(F)cc3)n2)C[C@H](C)O1. The number of carbonyl (C=O) groups is 1. The number of benzene rings is 1. The number of rotatable bonds is 3. The predicted molar refractivity (Wildman–Crippen MR) is 79.8 cm³/mol. The van der Waals surface area contributed by atoms with Crippen LogP contribution < -0.4 is 0 Å². The Kier molecular flexibility index (Phi) is 4.33. The quantitative estimate of drug-likeness (QED) is 0.847. The number of amides is 1. The van der Waals surface area contributed by atoms with Crippen molar-refractivity contribution in [2.45, 2.75) is 32.6 Å². The van der Waals surface area contributed by atoms with E-state index in [1.54, 1.807) is 17.0 Å². The van der Waals surface area contributed by atoms with E-state index in [0.717, 1.165) is 0 Å². The van der Waals surface area contributed by atoms with E-state index >= 15 is 0 Å². The number of aromatic nitrogens is 4. The Balaban J connectivity index is 1.66. The topological polar surface area (TPSA) is 73.1 Å². The van der Waals surface area contributed by atoms with Gasteiger partial charge in [-0.25, -0.2) is 4.39 Å². The van der Waals surface area contributed by atoms with Crippen LogP contribution in [0.4, 0.5) is 4.39 Å². The second kappa shape index (κ2) is 6.41. The fourth-order valence-corrected chi connectivity index (χ4v) is 2.63. The van der Waals surface area contributed by atoms with E-state index in [0.29, 0.717) is 24.5 Å². The first-order valence-corrected chi connectivity index (χ1v) is 7.48. The highest BCUT2D eigenvalue weighted by Crippen LogP contribution is 2.14. The maximum absolute atomic E-state index is 12.9. The molecule has 1 fully saturated rings. The predicted octanol–water partition coefficient (Wildman–Crippen LogP) is 1.11. The maximum atomic E-state index is 12.9. The van der Waals surface area contributed by atoms with Crippen molar-refractivity contribution in [3.05, 3.63) is 30.1 Å². The third-order valence-electron chi connectivity index (χ3n) is 3.60. The molecule has 0 aliphatic carbocycles. The van der Waals surface area contributed by atoms with E-state index in [1.807, 2.05) is 13.8 Å². The number of tetrazole rings is 1. The van der Waals surface area contributed by atoms with Gasteiger partial charge in [0.15, 0.2) is 0 Å². The summed E-state index contributed by atoms with van der Waals surface area (Å²) in [7, 11) is 0. The van der Waals surface area contributed by atoms with Crippen molar-refractivity contribution < 1.29 is 13.9 Å². The van der Waals surface area contributed by atoms with Gasteiger partial charge < -0.3 is 9.64 Å². The molecule has 1 amide bonds. The lowest BCUT2D eigenvalue weighted by atomic mass is 10.2. The minimum absolute atomic E-state index is 0.0150. The Morgan fingerprint density at radius 2 is 1.91 bits per heavy atom. The molecular formula is C15H18FN5O2. The zero-order valence-corrected chi connectivity index (χ0v) is 13.0. The highest BCUT2D eigenvalue weighted by molar-refractivity contribution is 5.76. The van der Waals surface area contributed by atoms with Crippen molar-refractivity contribution in [2.24, 2.45) is 0 Å². The van der Waals surface area contributed by atoms with Crippen molar-refractivity contribution in [3.63, 3.8) is 0 Å². The molecule has 0 bridgehead atoms. The van der Waals surface area contributed by atoms with Crippen molar-refractivity contribution in [2.75, 3.05) is 13.1 Å². The van der Waals surface area contributed by atoms with Gasteiger partial charge in [0.1, 0.15) is 12.4 Å². The maximum Gasteiger partial charge on any atom is 0.246 e. The third kappa shape index (κ3) is 3.70. The zero-order valence-electron chi connectivity index (χ0n) is 13.0. The summed E-state index contributed by atoms with van der Waals surface area (Å²) in [5.41, 5.74) is 0.652. The summed E-state index contributed by atoms with van der Waals surface area (Å²) in [5.74, 6) is -0.0385. The van der Waals surface area contributed by atoms with E-state index in [-0.39, 0.29) is 30.5 Å². The molecule has 3 rings (SSSR count). The molecule has 8 heteroatoms. The summed E-state index contributed by atoms with van der Waals surface area (Å²) in [4.78, 5) is 15.3. The van der Waals surface area contributed by atoms with Crippen LogP contribution in [0.2, 0.25) is 0 Å². The molecule has 1 aliphatic heterocycles. The molecule has 1 aromatic carbocycles. The molecule has 7 nitrogen and oxygen atoms in total. The highest BCUT2D eigenvalue weighted by Gasteiger charge is 2.26. The van der Waals surface area contributed by atoms with Crippen LogP contribution in [-0.4, -0.2) is 56.3 Å². The molecule has 0 radical (unpaired) electrons. The smallest absolute Gasteiger partial charge is 0.246 e. The van der Waals surface area contributed by atoms with Crippen LogP contribution >= 0.6 is 0 Å². The van der Waals surface area contributed by atoms with Crippen LogP contribution in [0, 0.1) is 5.82 Å². The van der Waals surface area contributed by atoms with Crippen LogP contribution in [0.15, 0.2) is 24.3 Å². The molecule has 0 saturated carbocycles. The van der Waals surface area contributed by atoms with Crippen molar-refractivity contribution in [3.8, 4) is 11.4 Å². The summed E-state index contributed by atoms with van der Waals surface area (Å²) in [5, 5.41) is 12.0. The standard InChI is InChI=1S/C15H18FN5O2/c1-10-7-20(8-11(2)23-10)14(22)9-21-18-15(17-19-21)12-3-5-13(16)6-4-12/h3-6,10-11H,7-9H2,1-2H3/t10-,11-/m0/s1. The highest BCUT2D eigenvalue weighted by atomic mass is 19.1. The summed E-state index contributed by atoms with van der Waals surface area (Å²) in [6.45, 7) is 5.02. The first kappa shape index (κ1) is 15.5. The van der Waals surface area contributed by atoms with E-state index in [2.05, 4.69) is 15.4 Å². The summed E-state index contributed by atoms with van der Waals surface area (Å²) in [6.07, 6.45) is 0.0300. The Hall–Kier alpha value is -2.35. The molecule has 0 spiro atoms. The zero-order chi connectivity index (χ0) is 16.4. The van der Waals surface area contributed by atoms with E-state index in [1.165, 1.54) is 16.9 Å². The lowest BCUT2D eigenvalue weighted by Crippen LogP contribution is -2.49. The van der Waals surface area contributed by atoms with Crippen LogP contribution in [-0.2, 0) is 16.1 Å². The minimum atomic E-state index is -0.327. The molecule has 122 valence electrons. The second-order valence-corrected chi connectivity index (χ2v) is 5.71. The molecule has 23 heavy (non-hydrogen) atoms. The van der Waals surface area contributed by atoms with Crippen molar-refractivity contribution in [1.29, 1.82) is 0 Å². The van der Waals surface area contributed by atoms with Crippen molar-refractivity contribution >= 4 is 5.91 Å². The fraction of sp³-hybridized carbons (Fsp3) is 0.467. The monoisotopic (exact) mass is 319 g/mol. The number of nitrogens with zero attached hydrogens (tertiary/aromatic N) is 5. The van der Waals surface area contributed by atoms with Crippen LogP contribution in [0.5, 0.6) is 0 Å². The van der Waals surface area contributed by atoms with Gasteiger partial charge in [-0.05, 0) is 43.3 Å². The van der Waals surface area contributed by atoms with E-state index in [4.69, 9.17) is 4.74 Å². The summed E-state index contributed by atoms with van der Waals surface area (Å²) >= 11 is 0. The van der Waals surface area contributed by atoms with Gasteiger partial charge in [-0.15, -0.1) is 10.2 Å². The third-order valence-corrected chi connectivity index (χ3v) is 3.60. The molecule has 1 aliphatic rings. The van der Waals surface area contributed by atoms with Crippen LogP contribution in [0.1, 0.15) is 13.8 Å². The Bertz CT molecular complexity index is 677. The molecule has 0 N–H and O–H groups in total.